The van der Waals surface area contributed by atoms with E-state index < -0.39 is 12.1 Å². The van der Waals surface area contributed by atoms with E-state index in [4.69, 9.17) is 0 Å². The van der Waals surface area contributed by atoms with Crippen LogP contribution in [0.5, 0.6) is 0 Å². The first-order valence-electron chi connectivity index (χ1n) is 6.30. The third-order valence-electron chi connectivity index (χ3n) is 3.15. The van der Waals surface area contributed by atoms with Gasteiger partial charge in [0, 0.05) is 13.0 Å². The summed E-state index contributed by atoms with van der Waals surface area (Å²) in [7, 11) is 0. The third-order valence-corrected chi connectivity index (χ3v) is 3.15. The lowest BCUT2D eigenvalue weighted by Crippen LogP contribution is -2.21. The van der Waals surface area contributed by atoms with Gasteiger partial charge in [-0.15, -0.1) is 0 Å². The summed E-state index contributed by atoms with van der Waals surface area (Å²) in [4.78, 5) is 15.4. The molecule has 0 radical (unpaired) electrons. The lowest BCUT2D eigenvalue weighted by Gasteiger charge is -2.24. The number of fused-ring (bicyclic) bond motifs is 1. The van der Waals surface area contributed by atoms with E-state index in [1.807, 2.05) is 4.57 Å². The van der Waals surface area contributed by atoms with E-state index in [-0.39, 0.29) is 11.1 Å². The maximum absolute atomic E-state index is 11.2. The molecule has 0 aliphatic carbocycles. The Morgan fingerprint density at radius 1 is 1.50 bits per heavy atom. The number of carbonyl (C=O) groups is 1. The van der Waals surface area contributed by atoms with Crippen LogP contribution in [-0.2, 0) is 13.0 Å². The van der Waals surface area contributed by atoms with Gasteiger partial charge in [0.05, 0.1) is 11.8 Å². The molecule has 0 bridgehead atoms. The second-order valence-electron chi connectivity index (χ2n) is 6.11. The van der Waals surface area contributed by atoms with E-state index in [0.29, 0.717) is 18.5 Å². The van der Waals surface area contributed by atoms with Crippen LogP contribution in [0, 0.1) is 5.41 Å². The standard InChI is InChI=1S/C13H20N2O3/c1-13(2,3)7-9-14-10(12(17)18)11-8(16)5-4-6-15(9)11/h8,16H,4-7H2,1-3H3,(H,17,18). The van der Waals surface area contributed by atoms with E-state index in [0.717, 1.165) is 18.8 Å². The lowest BCUT2D eigenvalue weighted by atomic mass is 9.92. The summed E-state index contributed by atoms with van der Waals surface area (Å²) in [5.41, 5.74) is 0.537. The Bertz CT molecular complexity index is 471. The lowest BCUT2D eigenvalue weighted by molar-refractivity contribution is 0.0677. The van der Waals surface area contributed by atoms with Gasteiger partial charge in [0.25, 0.3) is 0 Å². The summed E-state index contributed by atoms with van der Waals surface area (Å²) in [6, 6.07) is 0. The molecule has 1 aliphatic heterocycles. The minimum absolute atomic E-state index is 0.0152. The Balaban J connectivity index is 2.49. The van der Waals surface area contributed by atoms with Gasteiger partial charge in [-0.2, -0.15) is 0 Å². The molecule has 2 N–H and O–H groups in total. The molecule has 0 aromatic carbocycles. The number of hydrogen-bond acceptors (Lipinski definition) is 3. The molecule has 0 spiro atoms. The molecule has 2 rings (SSSR count). The number of imidazole rings is 1. The van der Waals surface area contributed by atoms with Crippen LogP contribution < -0.4 is 0 Å². The van der Waals surface area contributed by atoms with E-state index in [1.165, 1.54) is 0 Å². The molecule has 0 amide bonds. The minimum atomic E-state index is -1.06. The van der Waals surface area contributed by atoms with Gasteiger partial charge in [0.2, 0.25) is 0 Å². The molecule has 1 unspecified atom stereocenters. The Morgan fingerprint density at radius 3 is 2.72 bits per heavy atom. The molecule has 0 saturated heterocycles. The number of carboxylic acids is 1. The van der Waals surface area contributed by atoms with Crippen molar-refractivity contribution in [3.63, 3.8) is 0 Å². The largest absolute Gasteiger partial charge is 0.476 e. The zero-order valence-corrected chi connectivity index (χ0v) is 11.1. The highest BCUT2D eigenvalue weighted by Crippen LogP contribution is 2.31. The van der Waals surface area contributed by atoms with Gasteiger partial charge in [-0.3, -0.25) is 0 Å². The fraction of sp³-hybridized carbons (Fsp3) is 0.692. The van der Waals surface area contributed by atoms with Gasteiger partial charge in [-0.25, -0.2) is 9.78 Å². The fourth-order valence-corrected chi connectivity index (χ4v) is 2.45. The number of aliphatic hydroxyl groups excluding tert-OH is 1. The minimum Gasteiger partial charge on any atom is -0.476 e. The molecule has 0 saturated carbocycles. The summed E-state index contributed by atoms with van der Waals surface area (Å²) < 4.78 is 1.89. The average molecular weight is 252 g/mol. The first-order valence-corrected chi connectivity index (χ1v) is 6.30. The van der Waals surface area contributed by atoms with Crippen LogP contribution in [-0.4, -0.2) is 25.7 Å². The second-order valence-corrected chi connectivity index (χ2v) is 6.11. The zero-order chi connectivity index (χ0) is 13.5. The van der Waals surface area contributed by atoms with E-state index >= 15 is 0 Å². The Labute approximate surface area is 106 Å². The van der Waals surface area contributed by atoms with Crippen LogP contribution in [0.3, 0.4) is 0 Å². The topological polar surface area (TPSA) is 75.3 Å². The van der Waals surface area contributed by atoms with Crippen molar-refractivity contribution < 1.29 is 15.0 Å². The fourth-order valence-electron chi connectivity index (χ4n) is 2.45. The predicted octanol–water partition coefficient (Wildman–Crippen LogP) is 2.00. The number of aliphatic hydroxyl groups is 1. The van der Waals surface area contributed by atoms with Crippen molar-refractivity contribution in [1.82, 2.24) is 9.55 Å². The molecular weight excluding hydrogens is 232 g/mol. The zero-order valence-electron chi connectivity index (χ0n) is 11.1. The van der Waals surface area contributed by atoms with E-state index in [1.54, 1.807) is 0 Å². The van der Waals surface area contributed by atoms with Crippen LogP contribution in [0.2, 0.25) is 0 Å². The van der Waals surface area contributed by atoms with Crippen molar-refractivity contribution in [2.45, 2.75) is 52.7 Å². The number of nitrogens with zero attached hydrogens (tertiary/aromatic N) is 2. The summed E-state index contributed by atoms with van der Waals surface area (Å²) >= 11 is 0. The van der Waals surface area contributed by atoms with E-state index in [9.17, 15) is 15.0 Å². The van der Waals surface area contributed by atoms with Crippen LogP contribution in [0.25, 0.3) is 0 Å². The van der Waals surface area contributed by atoms with Crippen LogP contribution in [0.15, 0.2) is 0 Å². The molecule has 0 fully saturated rings. The second kappa shape index (κ2) is 4.39. The number of rotatable bonds is 2. The number of aromatic carboxylic acids is 1. The maximum atomic E-state index is 11.2. The summed E-state index contributed by atoms with van der Waals surface area (Å²) in [6.45, 7) is 7.02. The molecule has 1 aliphatic rings. The number of hydrogen-bond donors (Lipinski definition) is 2. The smallest absolute Gasteiger partial charge is 0.356 e. The van der Waals surface area contributed by atoms with Gasteiger partial charge in [-0.05, 0) is 18.3 Å². The molecule has 5 nitrogen and oxygen atoms in total. The first kappa shape index (κ1) is 13.1. The predicted molar refractivity (Wildman–Crippen MR) is 66.5 cm³/mol. The van der Waals surface area contributed by atoms with Crippen LogP contribution >= 0.6 is 0 Å². The van der Waals surface area contributed by atoms with Crippen molar-refractivity contribution in [3.8, 4) is 0 Å². The number of carboxylic acid groups (broad SMARTS) is 1. The van der Waals surface area contributed by atoms with E-state index in [2.05, 4.69) is 25.8 Å². The SMILES string of the molecule is CC(C)(C)Cc1nc(C(=O)O)c2n1CCCC2O. The van der Waals surface area contributed by atoms with Crippen molar-refractivity contribution in [2.75, 3.05) is 0 Å². The molecule has 1 aromatic heterocycles. The van der Waals surface area contributed by atoms with Crippen molar-refractivity contribution in [1.29, 1.82) is 0 Å². The first-order chi connectivity index (χ1) is 8.29. The highest BCUT2D eigenvalue weighted by molar-refractivity contribution is 5.87. The van der Waals surface area contributed by atoms with Gasteiger partial charge in [-0.1, -0.05) is 20.8 Å². The molecule has 100 valence electrons. The monoisotopic (exact) mass is 252 g/mol. The van der Waals surface area contributed by atoms with Crippen LogP contribution in [0.1, 0.15) is 61.7 Å². The molecule has 18 heavy (non-hydrogen) atoms. The molecule has 1 atom stereocenters. The number of aromatic nitrogens is 2. The summed E-state index contributed by atoms with van der Waals surface area (Å²) in [5, 5.41) is 19.2. The van der Waals surface area contributed by atoms with Gasteiger partial charge in [0.15, 0.2) is 5.69 Å². The molecular formula is C13H20N2O3. The highest BCUT2D eigenvalue weighted by atomic mass is 16.4. The molecule has 5 heteroatoms. The summed E-state index contributed by atoms with van der Waals surface area (Å²) in [5.74, 6) is -0.284. The van der Waals surface area contributed by atoms with Gasteiger partial charge < -0.3 is 14.8 Å². The normalized spacial score (nSPS) is 19.7. The summed E-state index contributed by atoms with van der Waals surface area (Å²) in [6.07, 6.45) is 1.48. The highest BCUT2D eigenvalue weighted by Gasteiger charge is 2.30. The van der Waals surface area contributed by atoms with Crippen molar-refractivity contribution in [3.05, 3.63) is 17.2 Å². The van der Waals surface area contributed by atoms with Crippen LogP contribution in [0.4, 0.5) is 0 Å². The van der Waals surface area contributed by atoms with Gasteiger partial charge in [0.1, 0.15) is 5.82 Å². The maximum Gasteiger partial charge on any atom is 0.356 e. The molecule has 2 heterocycles. The third kappa shape index (κ3) is 2.41. The Morgan fingerprint density at radius 2 is 2.17 bits per heavy atom. The molecule has 1 aromatic rings. The Kier molecular flexibility index (Phi) is 3.19. The average Bonchev–Trinajstić information content (AvgIpc) is 2.56. The van der Waals surface area contributed by atoms with Crippen molar-refractivity contribution >= 4 is 5.97 Å². The van der Waals surface area contributed by atoms with Gasteiger partial charge >= 0.3 is 5.97 Å². The quantitative estimate of drug-likeness (QED) is 0.844. The Hall–Kier alpha value is -1.36. The van der Waals surface area contributed by atoms with Crippen molar-refractivity contribution in [2.24, 2.45) is 5.41 Å².